The quantitative estimate of drug-likeness (QED) is 0.811. The molecule has 0 aliphatic rings. The van der Waals surface area contributed by atoms with Crippen molar-refractivity contribution in [2.45, 2.75) is 33.1 Å². The highest BCUT2D eigenvalue weighted by Crippen LogP contribution is 2.33. The summed E-state index contributed by atoms with van der Waals surface area (Å²) >= 11 is 3.50. The smallest absolute Gasteiger partial charge is 0.131 e. The van der Waals surface area contributed by atoms with Crippen LogP contribution in [-0.2, 0) is 5.41 Å². The Balaban J connectivity index is 2.60. The molecule has 0 saturated heterocycles. The van der Waals surface area contributed by atoms with E-state index in [0.717, 1.165) is 10.0 Å². The Kier molecular flexibility index (Phi) is 3.43. The van der Waals surface area contributed by atoms with Crippen LogP contribution in [0.15, 0.2) is 22.7 Å². The molecule has 0 spiro atoms. The highest BCUT2D eigenvalue weighted by atomic mass is 79.9. The van der Waals surface area contributed by atoms with Gasteiger partial charge in [-0.15, -0.1) is 20.4 Å². The van der Waals surface area contributed by atoms with E-state index in [9.17, 15) is 0 Å². The number of hydrogen-bond donors (Lipinski definition) is 0. The largest absolute Gasteiger partial charge is 0.203 e. The topological polar surface area (TPSA) is 51.6 Å². The standard InChI is InChI=1S/C13H15BrN4/c1-8-15-17-12(18-16-8)10-6-5-9(14)7-11(10)13(2,3)4/h5-7H,1-4H3. The van der Waals surface area contributed by atoms with E-state index in [1.165, 1.54) is 5.56 Å². The Morgan fingerprint density at radius 2 is 1.61 bits per heavy atom. The van der Waals surface area contributed by atoms with E-state index in [0.29, 0.717) is 11.6 Å². The first-order valence-electron chi connectivity index (χ1n) is 5.72. The highest BCUT2D eigenvalue weighted by molar-refractivity contribution is 9.10. The summed E-state index contributed by atoms with van der Waals surface area (Å²) in [7, 11) is 0. The van der Waals surface area contributed by atoms with Gasteiger partial charge in [0.15, 0.2) is 5.82 Å². The van der Waals surface area contributed by atoms with Gasteiger partial charge in [0.1, 0.15) is 0 Å². The van der Waals surface area contributed by atoms with E-state index in [2.05, 4.69) is 63.2 Å². The van der Waals surface area contributed by atoms with Gasteiger partial charge in [0.05, 0.1) is 0 Å². The lowest BCUT2D eigenvalue weighted by Gasteiger charge is -2.22. The van der Waals surface area contributed by atoms with Crippen LogP contribution in [0.1, 0.15) is 32.2 Å². The van der Waals surface area contributed by atoms with Crippen molar-refractivity contribution in [3.05, 3.63) is 34.1 Å². The molecule has 0 amide bonds. The fraction of sp³-hybridized carbons (Fsp3) is 0.385. The lowest BCUT2D eigenvalue weighted by molar-refractivity contribution is 0.590. The van der Waals surface area contributed by atoms with Gasteiger partial charge in [-0.2, -0.15) is 0 Å². The second-order valence-corrected chi connectivity index (χ2v) is 6.13. The Labute approximate surface area is 115 Å². The van der Waals surface area contributed by atoms with Crippen LogP contribution < -0.4 is 0 Å². The molecule has 0 aliphatic carbocycles. The van der Waals surface area contributed by atoms with Crippen molar-refractivity contribution in [3.63, 3.8) is 0 Å². The molecule has 94 valence electrons. The van der Waals surface area contributed by atoms with Gasteiger partial charge in [-0.3, -0.25) is 0 Å². The Hall–Kier alpha value is -1.36. The Bertz CT molecular complexity index is 558. The summed E-state index contributed by atoms with van der Waals surface area (Å²) in [6.07, 6.45) is 0. The molecule has 0 radical (unpaired) electrons. The molecule has 0 saturated carbocycles. The van der Waals surface area contributed by atoms with Gasteiger partial charge in [-0.25, -0.2) is 0 Å². The molecular formula is C13H15BrN4. The van der Waals surface area contributed by atoms with Crippen LogP contribution in [-0.4, -0.2) is 20.4 Å². The number of benzene rings is 1. The van der Waals surface area contributed by atoms with Crippen LogP contribution in [0.3, 0.4) is 0 Å². The van der Waals surface area contributed by atoms with Crippen molar-refractivity contribution in [1.82, 2.24) is 20.4 Å². The van der Waals surface area contributed by atoms with E-state index < -0.39 is 0 Å². The first kappa shape index (κ1) is 13.1. The molecule has 2 aromatic rings. The third kappa shape index (κ3) is 2.72. The van der Waals surface area contributed by atoms with Crippen molar-refractivity contribution in [2.24, 2.45) is 0 Å². The zero-order valence-electron chi connectivity index (χ0n) is 10.9. The first-order chi connectivity index (χ1) is 8.38. The Morgan fingerprint density at radius 3 is 2.17 bits per heavy atom. The van der Waals surface area contributed by atoms with Gasteiger partial charge in [-0.1, -0.05) is 36.7 Å². The van der Waals surface area contributed by atoms with Gasteiger partial charge in [0.25, 0.3) is 0 Å². The monoisotopic (exact) mass is 306 g/mol. The third-order valence-corrected chi connectivity index (χ3v) is 3.10. The molecule has 1 aromatic carbocycles. The molecule has 0 aliphatic heterocycles. The molecule has 0 atom stereocenters. The second kappa shape index (κ2) is 4.72. The SMILES string of the molecule is Cc1nnc(-c2ccc(Br)cc2C(C)(C)C)nn1. The van der Waals surface area contributed by atoms with Crippen molar-refractivity contribution < 1.29 is 0 Å². The van der Waals surface area contributed by atoms with Gasteiger partial charge < -0.3 is 0 Å². The predicted molar refractivity (Wildman–Crippen MR) is 74.2 cm³/mol. The number of nitrogens with zero attached hydrogens (tertiary/aromatic N) is 4. The maximum absolute atomic E-state index is 4.11. The number of halogens is 1. The highest BCUT2D eigenvalue weighted by Gasteiger charge is 2.20. The predicted octanol–water partition coefficient (Wildman–Crippen LogP) is 3.30. The summed E-state index contributed by atoms with van der Waals surface area (Å²) in [5.74, 6) is 1.14. The normalized spacial score (nSPS) is 11.6. The van der Waals surface area contributed by atoms with Crippen LogP contribution in [0.4, 0.5) is 0 Å². The van der Waals surface area contributed by atoms with E-state index in [-0.39, 0.29) is 5.41 Å². The molecule has 1 heterocycles. The first-order valence-corrected chi connectivity index (χ1v) is 6.51. The summed E-state index contributed by atoms with van der Waals surface area (Å²) in [6.45, 7) is 8.25. The molecule has 4 nitrogen and oxygen atoms in total. The third-order valence-electron chi connectivity index (χ3n) is 2.61. The number of rotatable bonds is 1. The number of hydrogen-bond acceptors (Lipinski definition) is 4. The molecule has 18 heavy (non-hydrogen) atoms. The van der Waals surface area contributed by atoms with Gasteiger partial charge >= 0.3 is 0 Å². The number of aromatic nitrogens is 4. The zero-order chi connectivity index (χ0) is 13.3. The van der Waals surface area contributed by atoms with Crippen molar-refractivity contribution >= 4 is 15.9 Å². The molecule has 0 N–H and O–H groups in total. The van der Waals surface area contributed by atoms with Gasteiger partial charge in [-0.05, 0) is 36.1 Å². The van der Waals surface area contributed by atoms with E-state index >= 15 is 0 Å². The van der Waals surface area contributed by atoms with Crippen molar-refractivity contribution in [3.8, 4) is 11.4 Å². The fourth-order valence-corrected chi connectivity index (χ4v) is 2.08. The lowest BCUT2D eigenvalue weighted by Crippen LogP contribution is -2.14. The van der Waals surface area contributed by atoms with E-state index in [1.54, 1.807) is 6.92 Å². The van der Waals surface area contributed by atoms with Crippen molar-refractivity contribution in [1.29, 1.82) is 0 Å². The minimum Gasteiger partial charge on any atom is -0.131 e. The van der Waals surface area contributed by atoms with Gasteiger partial charge in [0, 0.05) is 10.0 Å². The summed E-state index contributed by atoms with van der Waals surface area (Å²) in [5, 5.41) is 16.2. The van der Waals surface area contributed by atoms with E-state index in [4.69, 9.17) is 0 Å². The van der Waals surface area contributed by atoms with Gasteiger partial charge in [0.2, 0.25) is 5.82 Å². The minimum atomic E-state index is 0.00730. The molecular weight excluding hydrogens is 292 g/mol. The van der Waals surface area contributed by atoms with Crippen LogP contribution in [0.5, 0.6) is 0 Å². The molecule has 0 bridgehead atoms. The summed E-state index contributed by atoms with van der Waals surface area (Å²) in [4.78, 5) is 0. The van der Waals surface area contributed by atoms with E-state index in [1.807, 2.05) is 12.1 Å². The van der Waals surface area contributed by atoms with Crippen LogP contribution in [0.25, 0.3) is 11.4 Å². The summed E-state index contributed by atoms with van der Waals surface area (Å²) in [5.41, 5.74) is 2.16. The molecule has 0 unspecified atom stereocenters. The zero-order valence-corrected chi connectivity index (χ0v) is 12.5. The minimum absolute atomic E-state index is 0.00730. The van der Waals surface area contributed by atoms with Crippen LogP contribution in [0.2, 0.25) is 0 Å². The maximum atomic E-state index is 4.11. The van der Waals surface area contributed by atoms with Crippen molar-refractivity contribution in [2.75, 3.05) is 0 Å². The maximum Gasteiger partial charge on any atom is 0.203 e. The lowest BCUT2D eigenvalue weighted by atomic mass is 9.83. The average Bonchev–Trinajstić information content (AvgIpc) is 2.29. The second-order valence-electron chi connectivity index (χ2n) is 5.21. The summed E-state index contributed by atoms with van der Waals surface area (Å²) in [6, 6.07) is 6.07. The fourth-order valence-electron chi connectivity index (χ4n) is 1.72. The Morgan fingerprint density at radius 1 is 1.00 bits per heavy atom. The van der Waals surface area contributed by atoms with Crippen LogP contribution >= 0.6 is 15.9 Å². The molecule has 2 rings (SSSR count). The molecule has 1 aromatic heterocycles. The molecule has 0 fully saturated rings. The number of aryl methyl sites for hydroxylation is 1. The summed E-state index contributed by atoms with van der Waals surface area (Å²) < 4.78 is 1.05. The average molecular weight is 307 g/mol. The molecule has 5 heteroatoms. The van der Waals surface area contributed by atoms with Crippen LogP contribution in [0, 0.1) is 6.92 Å².